The molecule has 1 amide bonds. The summed E-state index contributed by atoms with van der Waals surface area (Å²) in [4.78, 5) is 13.8. The zero-order valence-corrected chi connectivity index (χ0v) is 12.4. The van der Waals surface area contributed by atoms with Gasteiger partial charge < -0.3 is 10.6 Å². The first kappa shape index (κ1) is 16.5. The minimum atomic E-state index is -4.44. The van der Waals surface area contributed by atoms with Gasteiger partial charge in [0.25, 0.3) is 0 Å². The zero-order chi connectivity index (χ0) is 16.3. The van der Waals surface area contributed by atoms with Gasteiger partial charge in [0.1, 0.15) is 0 Å². The quantitative estimate of drug-likeness (QED) is 0.853. The Morgan fingerprint density at radius 1 is 1.27 bits per heavy atom. The number of carbonyl (C=O) groups is 1. The Kier molecular flexibility index (Phi) is 4.90. The average molecular weight is 312 g/mol. The highest BCUT2D eigenvalue weighted by Crippen LogP contribution is 2.34. The summed E-state index contributed by atoms with van der Waals surface area (Å²) in [6.07, 6.45) is -1.72. The molecular weight excluding hydrogens is 293 g/mol. The van der Waals surface area contributed by atoms with Crippen molar-refractivity contribution >= 4 is 11.5 Å². The van der Waals surface area contributed by atoms with Crippen LogP contribution in [0.2, 0.25) is 0 Å². The van der Waals surface area contributed by atoms with Crippen LogP contribution in [-0.2, 0) is 11.0 Å². The third-order valence-corrected chi connectivity index (χ3v) is 3.85. The Hall–Kier alpha value is -1.82. The van der Waals surface area contributed by atoms with E-state index in [1.54, 1.807) is 4.90 Å². The van der Waals surface area contributed by atoms with E-state index in [0.717, 1.165) is 18.9 Å². The average Bonchev–Trinajstić information content (AvgIpc) is 2.47. The molecule has 1 saturated heterocycles. The second-order valence-electron chi connectivity index (χ2n) is 5.53. The molecule has 2 N–H and O–H groups in total. The topological polar surface area (TPSA) is 46.3 Å². The van der Waals surface area contributed by atoms with E-state index in [1.165, 1.54) is 31.2 Å². The van der Waals surface area contributed by atoms with Crippen molar-refractivity contribution in [2.75, 3.05) is 13.1 Å². The third-order valence-electron chi connectivity index (χ3n) is 3.85. The molecule has 1 aliphatic rings. The number of nitrogens with two attached hydrogens (primary N) is 1. The number of allylic oxidation sites excluding steroid dienone is 1. The van der Waals surface area contributed by atoms with Crippen LogP contribution in [0.5, 0.6) is 0 Å². The van der Waals surface area contributed by atoms with Crippen molar-refractivity contribution in [3.8, 4) is 0 Å². The fourth-order valence-corrected chi connectivity index (χ4v) is 2.55. The van der Waals surface area contributed by atoms with Gasteiger partial charge in [0.15, 0.2) is 0 Å². The summed E-state index contributed by atoms with van der Waals surface area (Å²) < 4.78 is 39.0. The third kappa shape index (κ3) is 3.88. The molecule has 0 spiro atoms. The zero-order valence-electron chi connectivity index (χ0n) is 12.4. The van der Waals surface area contributed by atoms with Gasteiger partial charge in [0, 0.05) is 25.2 Å². The van der Waals surface area contributed by atoms with E-state index in [-0.39, 0.29) is 17.5 Å². The molecule has 0 radical (unpaired) electrons. The fourth-order valence-electron chi connectivity index (χ4n) is 2.55. The number of halogens is 3. The molecule has 0 aromatic heterocycles. The highest BCUT2D eigenvalue weighted by Gasteiger charge is 2.33. The molecule has 1 aliphatic heterocycles. The first-order valence-corrected chi connectivity index (χ1v) is 7.18. The van der Waals surface area contributed by atoms with E-state index in [2.05, 4.69) is 0 Å². The number of piperidine rings is 1. The number of hydrogen-bond donors (Lipinski definition) is 1. The summed E-state index contributed by atoms with van der Waals surface area (Å²) in [7, 11) is 0. The predicted molar refractivity (Wildman–Crippen MR) is 78.9 cm³/mol. The lowest BCUT2D eigenvalue weighted by atomic mass is 9.99. The summed E-state index contributed by atoms with van der Waals surface area (Å²) in [5.41, 5.74) is 5.41. The van der Waals surface area contributed by atoms with Crippen molar-refractivity contribution in [3.05, 3.63) is 41.5 Å². The Labute approximate surface area is 127 Å². The number of rotatable bonds is 2. The van der Waals surface area contributed by atoms with E-state index in [9.17, 15) is 18.0 Å². The molecule has 1 aromatic rings. The van der Waals surface area contributed by atoms with Crippen molar-refractivity contribution in [2.24, 2.45) is 5.73 Å². The lowest BCUT2D eigenvalue weighted by molar-refractivity contribution is -0.137. The highest BCUT2D eigenvalue weighted by molar-refractivity contribution is 5.95. The minimum Gasteiger partial charge on any atom is -0.339 e. The molecular formula is C16H19F3N2O. The maximum Gasteiger partial charge on any atom is 0.416 e. The highest BCUT2D eigenvalue weighted by atomic mass is 19.4. The first-order chi connectivity index (χ1) is 10.3. The first-order valence-electron chi connectivity index (χ1n) is 7.18. The molecule has 1 aromatic carbocycles. The number of carbonyl (C=O) groups excluding carboxylic acids is 1. The van der Waals surface area contributed by atoms with Crippen molar-refractivity contribution in [1.29, 1.82) is 0 Å². The lowest BCUT2D eigenvalue weighted by Crippen LogP contribution is -2.42. The van der Waals surface area contributed by atoms with Gasteiger partial charge in [-0.1, -0.05) is 18.2 Å². The normalized spacial score (nSPS) is 17.7. The fraction of sp³-hybridized carbons (Fsp3) is 0.438. The van der Waals surface area contributed by atoms with Crippen LogP contribution < -0.4 is 5.73 Å². The van der Waals surface area contributed by atoms with Gasteiger partial charge in [0.05, 0.1) is 5.56 Å². The Balaban J connectivity index is 2.21. The molecule has 0 aliphatic carbocycles. The molecule has 3 nitrogen and oxygen atoms in total. The van der Waals surface area contributed by atoms with Crippen LogP contribution in [0.3, 0.4) is 0 Å². The lowest BCUT2D eigenvalue weighted by Gasteiger charge is -2.29. The maximum absolute atomic E-state index is 13.0. The van der Waals surface area contributed by atoms with Gasteiger partial charge in [-0.25, -0.2) is 0 Å². The number of benzene rings is 1. The SMILES string of the molecule is C/C(=C/C(=O)N1CCC(N)CC1)c1ccccc1C(F)(F)F. The van der Waals surface area contributed by atoms with Crippen molar-refractivity contribution in [3.63, 3.8) is 0 Å². The molecule has 2 rings (SSSR count). The van der Waals surface area contributed by atoms with Crippen molar-refractivity contribution in [2.45, 2.75) is 32.0 Å². The molecule has 22 heavy (non-hydrogen) atoms. The number of hydrogen-bond acceptors (Lipinski definition) is 2. The summed E-state index contributed by atoms with van der Waals surface area (Å²) in [5, 5.41) is 0. The van der Waals surface area contributed by atoms with Crippen LogP contribution in [0.1, 0.15) is 30.9 Å². The summed E-state index contributed by atoms with van der Waals surface area (Å²) >= 11 is 0. The van der Waals surface area contributed by atoms with Gasteiger partial charge in [-0.15, -0.1) is 0 Å². The van der Waals surface area contributed by atoms with Gasteiger partial charge in [-0.05, 0) is 37.0 Å². The Morgan fingerprint density at radius 2 is 1.86 bits per heavy atom. The van der Waals surface area contributed by atoms with Crippen molar-refractivity contribution in [1.82, 2.24) is 4.90 Å². The largest absolute Gasteiger partial charge is 0.416 e. The van der Waals surface area contributed by atoms with Crippen LogP contribution in [0.4, 0.5) is 13.2 Å². The van der Waals surface area contributed by atoms with E-state index in [1.807, 2.05) is 0 Å². The molecule has 0 unspecified atom stereocenters. The van der Waals surface area contributed by atoms with E-state index in [0.29, 0.717) is 18.7 Å². The van der Waals surface area contributed by atoms with E-state index >= 15 is 0 Å². The smallest absolute Gasteiger partial charge is 0.339 e. The molecule has 120 valence electrons. The van der Waals surface area contributed by atoms with Gasteiger partial charge in [-0.2, -0.15) is 13.2 Å². The number of nitrogens with zero attached hydrogens (tertiary/aromatic N) is 1. The van der Waals surface area contributed by atoms with Crippen LogP contribution in [0.15, 0.2) is 30.3 Å². The molecule has 0 atom stereocenters. The Morgan fingerprint density at radius 3 is 2.45 bits per heavy atom. The van der Waals surface area contributed by atoms with Crippen molar-refractivity contribution < 1.29 is 18.0 Å². The Bertz CT molecular complexity index is 573. The standard InChI is InChI=1S/C16H19F3N2O/c1-11(10-15(22)21-8-6-12(20)7-9-21)13-4-2-3-5-14(13)16(17,18)19/h2-5,10,12H,6-9,20H2,1H3/b11-10-. The summed E-state index contributed by atoms with van der Waals surface area (Å²) in [6, 6.07) is 5.38. The van der Waals surface area contributed by atoms with Gasteiger partial charge >= 0.3 is 6.18 Å². The van der Waals surface area contributed by atoms with Crippen LogP contribution in [0, 0.1) is 0 Å². The molecule has 0 bridgehead atoms. The van der Waals surface area contributed by atoms with Gasteiger partial charge in [-0.3, -0.25) is 4.79 Å². The van der Waals surface area contributed by atoms with E-state index < -0.39 is 11.7 Å². The minimum absolute atomic E-state index is 0.0389. The van der Waals surface area contributed by atoms with Crippen LogP contribution in [-0.4, -0.2) is 29.9 Å². The number of likely N-dealkylation sites (tertiary alicyclic amines) is 1. The summed E-state index contributed by atoms with van der Waals surface area (Å²) in [5.74, 6) is -0.263. The molecule has 1 heterocycles. The second kappa shape index (κ2) is 6.52. The van der Waals surface area contributed by atoms with Crippen LogP contribution >= 0.6 is 0 Å². The summed E-state index contributed by atoms with van der Waals surface area (Å²) in [6.45, 7) is 2.62. The second-order valence-corrected chi connectivity index (χ2v) is 5.53. The monoisotopic (exact) mass is 312 g/mol. The van der Waals surface area contributed by atoms with E-state index in [4.69, 9.17) is 5.73 Å². The molecule has 1 fully saturated rings. The molecule has 6 heteroatoms. The predicted octanol–water partition coefficient (Wildman–Crippen LogP) is 3.06. The van der Waals surface area contributed by atoms with Crippen LogP contribution in [0.25, 0.3) is 5.57 Å². The number of amides is 1. The number of alkyl halides is 3. The maximum atomic E-state index is 13.0. The molecule has 0 saturated carbocycles. The van der Waals surface area contributed by atoms with Gasteiger partial charge in [0.2, 0.25) is 5.91 Å².